The zero-order valence-electron chi connectivity index (χ0n) is 15.0. The topological polar surface area (TPSA) is 48.5 Å². The molecule has 0 radical (unpaired) electrons. The first-order chi connectivity index (χ1) is 12.1. The fourth-order valence-corrected chi connectivity index (χ4v) is 3.09. The number of aromatic nitrogens is 1. The van der Waals surface area contributed by atoms with Crippen molar-refractivity contribution in [2.45, 2.75) is 26.4 Å². The van der Waals surface area contributed by atoms with Gasteiger partial charge in [-0.15, -0.1) is 0 Å². The molecule has 25 heavy (non-hydrogen) atoms. The van der Waals surface area contributed by atoms with Crippen LogP contribution in [-0.4, -0.2) is 52.9 Å². The molecule has 2 aromatic rings. The number of carbonyl (C=O) groups is 1. The summed E-state index contributed by atoms with van der Waals surface area (Å²) in [6.45, 7) is 8.33. The Morgan fingerprint density at radius 2 is 1.80 bits per heavy atom. The molecule has 0 aliphatic carbocycles. The molecule has 3 rings (SSSR count). The average molecular weight is 338 g/mol. The van der Waals surface area contributed by atoms with Crippen LogP contribution in [0.2, 0.25) is 0 Å². The minimum atomic E-state index is 0.0654. The molecular formula is C20H26N4O. The summed E-state index contributed by atoms with van der Waals surface area (Å²) in [5.41, 5.74) is 1.98. The van der Waals surface area contributed by atoms with E-state index in [1.54, 1.807) is 6.20 Å². The normalized spacial score (nSPS) is 15.4. The first kappa shape index (κ1) is 17.4. The van der Waals surface area contributed by atoms with E-state index in [-0.39, 0.29) is 11.9 Å². The van der Waals surface area contributed by atoms with E-state index >= 15 is 0 Å². The summed E-state index contributed by atoms with van der Waals surface area (Å²) in [5, 5.41) is 3.27. The second-order valence-electron chi connectivity index (χ2n) is 6.75. The van der Waals surface area contributed by atoms with Gasteiger partial charge in [-0.2, -0.15) is 0 Å². The maximum Gasteiger partial charge on any atom is 0.257 e. The van der Waals surface area contributed by atoms with E-state index in [1.165, 1.54) is 5.56 Å². The second kappa shape index (κ2) is 8.12. The predicted molar refractivity (Wildman–Crippen MR) is 101 cm³/mol. The van der Waals surface area contributed by atoms with Gasteiger partial charge in [0.25, 0.3) is 5.91 Å². The SMILES string of the molecule is CC(C)Nc1ncccc1C(=O)N1CCN(Cc2ccccc2)CC1. The number of benzene rings is 1. The monoisotopic (exact) mass is 338 g/mol. The Kier molecular flexibility index (Phi) is 5.66. The Balaban J connectivity index is 1.60. The summed E-state index contributed by atoms with van der Waals surface area (Å²) in [5.74, 6) is 0.741. The van der Waals surface area contributed by atoms with Gasteiger partial charge in [-0.25, -0.2) is 4.98 Å². The van der Waals surface area contributed by atoms with Crippen LogP contribution in [0.3, 0.4) is 0 Å². The van der Waals surface area contributed by atoms with Crippen LogP contribution < -0.4 is 5.32 Å². The lowest BCUT2D eigenvalue weighted by molar-refractivity contribution is 0.0629. The van der Waals surface area contributed by atoms with E-state index in [0.29, 0.717) is 11.4 Å². The van der Waals surface area contributed by atoms with E-state index < -0.39 is 0 Å². The summed E-state index contributed by atoms with van der Waals surface area (Å²) >= 11 is 0. The van der Waals surface area contributed by atoms with Crippen molar-refractivity contribution >= 4 is 11.7 Å². The van der Waals surface area contributed by atoms with Gasteiger partial charge in [-0.05, 0) is 31.5 Å². The number of rotatable bonds is 5. The molecule has 1 aliphatic rings. The first-order valence-electron chi connectivity index (χ1n) is 8.90. The van der Waals surface area contributed by atoms with Crippen molar-refractivity contribution in [2.24, 2.45) is 0 Å². The molecule has 1 aliphatic heterocycles. The molecule has 0 atom stereocenters. The van der Waals surface area contributed by atoms with Gasteiger partial charge < -0.3 is 10.2 Å². The summed E-state index contributed by atoms with van der Waals surface area (Å²) < 4.78 is 0. The molecule has 0 bridgehead atoms. The molecule has 1 fully saturated rings. The maximum absolute atomic E-state index is 12.9. The van der Waals surface area contributed by atoms with Crippen molar-refractivity contribution in [3.05, 3.63) is 59.8 Å². The average Bonchev–Trinajstić information content (AvgIpc) is 2.63. The Labute approximate surface area is 149 Å². The van der Waals surface area contributed by atoms with Crippen LogP contribution in [0.25, 0.3) is 0 Å². The van der Waals surface area contributed by atoms with Crippen molar-refractivity contribution in [1.29, 1.82) is 0 Å². The fourth-order valence-electron chi connectivity index (χ4n) is 3.09. The van der Waals surface area contributed by atoms with Crippen LogP contribution in [-0.2, 0) is 6.54 Å². The first-order valence-corrected chi connectivity index (χ1v) is 8.90. The lowest BCUT2D eigenvalue weighted by atomic mass is 10.1. The highest BCUT2D eigenvalue weighted by Gasteiger charge is 2.24. The van der Waals surface area contributed by atoms with Crippen molar-refractivity contribution < 1.29 is 4.79 Å². The maximum atomic E-state index is 12.9. The molecule has 5 nitrogen and oxygen atoms in total. The number of hydrogen-bond donors (Lipinski definition) is 1. The minimum absolute atomic E-state index is 0.0654. The van der Waals surface area contributed by atoms with E-state index in [0.717, 1.165) is 32.7 Å². The Morgan fingerprint density at radius 1 is 1.08 bits per heavy atom. The van der Waals surface area contributed by atoms with Gasteiger partial charge in [0, 0.05) is 45.0 Å². The third-order valence-corrected chi connectivity index (χ3v) is 4.37. The smallest absolute Gasteiger partial charge is 0.257 e. The molecule has 1 amide bonds. The van der Waals surface area contributed by atoms with Gasteiger partial charge in [0.05, 0.1) is 5.56 Å². The number of carbonyl (C=O) groups excluding carboxylic acids is 1. The molecule has 132 valence electrons. The number of piperazine rings is 1. The van der Waals surface area contributed by atoms with Gasteiger partial charge in [0.15, 0.2) is 0 Å². The zero-order valence-corrected chi connectivity index (χ0v) is 15.0. The van der Waals surface area contributed by atoms with Crippen LogP contribution in [0.5, 0.6) is 0 Å². The van der Waals surface area contributed by atoms with E-state index in [1.807, 2.05) is 36.9 Å². The number of amides is 1. The van der Waals surface area contributed by atoms with Gasteiger partial charge >= 0.3 is 0 Å². The predicted octanol–water partition coefficient (Wildman–Crippen LogP) is 2.86. The van der Waals surface area contributed by atoms with Gasteiger partial charge in [-0.1, -0.05) is 30.3 Å². The van der Waals surface area contributed by atoms with Crippen LogP contribution in [0.1, 0.15) is 29.8 Å². The molecule has 1 aromatic carbocycles. The summed E-state index contributed by atoms with van der Waals surface area (Å²) in [4.78, 5) is 21.6. The Morgan fingerprint density at radius 3 is 2.48 bits per heavy atom. The second-order valence-corrected chi connectivity index (χ2v) is 6.75. The number of pyridine rings is 1. The van der Waals surface area contributed by atoms with E-state index in [9.17, 15) is 4.79 Å². The van der Waals surface area contributed by atoms with Crippen molar-refractivity contribution in [2.75, 3.05) is 31.5 Å². The Bertz CT molecular complexity index is 694. The summed E-state index contributed by atoms with van der Waals surface area (Å²) in [7, 11) is 0. The number of nitrogens with one attached hydrogen (secondary N) is 1. The van der Waals surface area contributed by atoms with Crippen LogP contribution >= 0.6 is 0 Å². The molecule has 5 heteroatoms. The van der Waals surface area contributed by atoms with Gasteiger partial charge in [0.1, 0.15) is 5.82 Å². The van der Waals surface area contributed by atoms with Crippen molar-refractivity contribution in [3.63, 3.8) is 0 Å². The molecule has 0 spiro atoms. The molecule has 0 unspecified atom stereocenters. The molecule has 2 heterocycles. The van der Waals surface area contributed by atoms with Gasteiger partial charge in [0.2, 0.25) is 0 Å². The van der Waals surface area contributed by atoms with Crippen molar-refractivity contribution in [1.82, 2.24) is 14.8 Å². The number of nitrogens with zero attached hydrogens (tertiary/aromatic N) is 3. The highest BCUT2D eigenvalue weighted by Crippen LogP contribution is 2.17. The summed E-state index contributed by atoms with van der Waals surface area (Å²) in [6, 6.07) is 14.4. The quantitative estimate of drug-likeness (QED) is 0.911. The zero-order chi connectivity index (χ0) is 17.6. The lowest BCUT2D eigenvalue weighted by Gasteiger charge is -2.35. The number of anilines is 1. The molecule has 1 saturated heterocycles. The third kappa shape index (κ3) is 4.57. The Hall–Kier alpha value is -2.40. The van der Waals surface area contributed by atoms with E-state index in [4.69, 9.17) is 0 Å². The van der Waals surface area contributed by atoms with Crippen LogP contribution in [0, 0.1) is 0 Å². The highest BCUT2D eigenvalue weighted by molar-refractivity contribution is 5.98. The standard InChI is InChI=1S/C20H26N4O/c1-16(2)22-19-18(9-6-10-21-19)20(25)24-13-11-23(12-14-24)15-17-7-4-3-5-8-17/h3-10,16H,11-15H2,1-2H3,(H,21,22). The number of hydrogen-bond acceptors (Lipinski definition) is 4. The van der Waals surface area contributed by atoms with Crippen molar-refractivity contribution in [3.8, 4) is 0 Å². The van der Waals surface area contributed by atoms with Crippen LogP contribution in [0.4, 0.5) is 5.82 Å². The molecule has 1 aromatic heterocycles. The minimum Gasteiger partial charge on any atom is -0.367 e. The fraction of sp³-hybridized carbons (Fsp3) is 0.400. The molecule has 1 N–H and O–H groups in total. The van der Waals surface area contributed by atoms with Gasteiger partial charge in [-0.3, -0.25) is 9.69 Å². The van der Waals surface area contributed by atoms with Crippen LogP contribution in [0.15, 0.2) is 48.7 Å². The van der Waals surface area contributed by atoms with E-state index in [2.05, 4.69) is 39.5 Å². The highest BCUT2D eigenvalue weighted by atomic mass is 16.2. The molecular weight excluding hydrogens is 312 g/mol. The molecule has 0 saturated carbocycles. The third-order valence-electron chi connectivity index (χ3n) is 4.37. The lowest BCUT2D eigenvalue weighted by Crippen LogP contribution is -2.48. The summed E-state index contributed by atoms with van der Waals surface area (Å²) in [6.07, 6.45) is 1.72. The largest absolute Gasteiger partial charge is 0.367 e.